The summed E-state index contributed by atoms with van der Waals surface area (Å²) in [4.78, 5) is 19.0. The fourth-order valence-corrected chi connectivity index (χ4v) is 3.44. The van der Waals surface area contributed by atoms with Crippen LogP contribution < -0.4 is 5.32 Å². The molecule has 2 heterocycles. The van der Waals surface area contributed by atoms with Crippen LogP contribution in [0.15, 0.2) is 48.7 Å². The first-order valence-corrected chi connectivity index (χ1v) is 9.35. The minimum Gasteiger partial charge on any atom is -0.352 e. The molecule has 1 N–H and O–H groups in total. The van der Waals surface area contributed by atoms with E-state index in [9.17, 15) is 9.18 Å². The summed E-state index contributed by atoms with van der Waals surface area (Å²) in [6.07, 6.45) is 6.02. The Morgan fingerprint density at radius 2 is 2.08 bits per heavy atom. The van der Waals surface area contributed by atoms with Crippen LogP contribution in [-0.2, 0) is 17.8 Å². The number of aryl methyl sites for hydroxylation is 1. The summed E-state index contributed by atoms with van der Waals surface area (Å²) >= 11 is 0. The number of pyridine rings is 1. The average molecular weight is 355 g/mol. The van der Waals surface area contributed by atoms with Gasteiger partial charge in [-0.15, -0.1) is 0 Å². The van der Waals surface area contributed by atoms with E-state index < -0.39 is 0 Å². The number of benzene rings is 1. The molecule has 1 aromatic heterocycles. The molecule has 1 aliphatic heterocycles. The van der Waals surface area contributed by atoms with E-state index >= 15 is 0 Å². The minimum absolute atomic E-state index is 0.108. The van der Waals surface area contributed by atoms with Crippen LogP contribution in [0.25, 0.3) is 0 Å². The number of piperidine rings is 1. The molecule has 0 bridgehead atoms. The largest absolute Gasteiger partial charge is 0.352 e. The second-order valence-corrected chi connectivity index (χ2v) is 6.94. The fraction of sp³-hybridized carbons (Fsp3) is 0.429. The highest BCUT2D eigenvalue weighted by Gasteiger charge is 2.21. The van der Waals surface area contributed by atoms with Crippen LogP contribution in [0.2, 0.25) is 0 Å². The van der Waals surface area contributed by atoms with Crippen molar-refractivity contribution in [1.29, 1.82) is 0 Å². The Bertz CT molecular complexity index is 690. The predicted molar refractivity (Wildman–Crippen MR) is 100 cm³/mol. The molecule has 26 heavy (non-hydrogen) atoms. The second-order valence-electron chi connectivity index (χ2n) is 6.94. The SMILES string of the molecule is O=C(CCCc1ccc(F)cc1)N[C@H]1CCCN(Cc2ccccn2)C1. The van der Waals surface area contributed by atoms with E-state index in [0.29, 0.717) is 6.42 Å². The van der Waals surface area contributed by atoms with Crippen molar-refractivity contribution in [2.24, 2.45) is 0 Å². The maximum absolute atomic E-state index is 12.9. The van der Waals surface area contributed by atoms with Gasteiger partial charge in [0.15, 0.2) is 0 Å². The normalized spacial score (nSPS) is 17.8. The van der Waals surface area contributed by atoms with Gasteiger partial charge in [0.2, 0.25) is 5.91 Å². The van der Waals surface area contributed by atoms with Crippen molar-refractivity contribution in [2.45, 2.75) is 44.7 Å². The molecule has 0 radical (unpaired) electrons. The monoisotopic (exact) mass is 355 g/mol. The Morgan fingerprint density at radius 3 is 2.85 bits per heavy atom. The van der Waals surface area contributed by atoms with E-state index in [-0.39, 0.29) is 17.8 Å². The summed E-state index contributed by atoms with van der Waals surface area (Å²) in [5.74, 6) is -0.115. The van der Waals surface area contributed by atoms with Gasteiger partial charge < -0.3 is 5.32 Å². The van der Waals surface area contributed by atoms with E-state index in [1.54, 1.807) is 12.1 Å². The maximum atomic E-state index is 12.9. The highest BCUT2D eigenvalue weighted by molar-refractivity contribution is 5.76. The molecule has 2 aromatic rings. The van der Waals surface area contributed by atoms with Crippen molar-refractivity contribution in [3.63, 3.8) is 0 Å². The van der Waals surface area contributed by atoms with E-state index in [4.69, 9.17) is 0 Å². The lowest BCUT2D eigenvalue weighted by Crippen LogP contribution is -2.47. The number of hydrogen-bond acceptors (Lipinski definition) is 3. The number of aromatic nitrogens is 1. The van der Waals surface area contributed by atoms with Crippen molar-refractivity contribution >= 4 is 5.91 Å². The van der Waals surface area contributed by atoms with Gasteiger partial charge in [-0.2, -0.15) is 0 Å². The van der Waals surface area contributed by atoms with Crippen molar-refractivity contribution in [3.8, 4) is 0 Å². The smallest absolute Gasteiger partial charge is 0.220 e. The van der Waals surface area contributed by atoms with E-state index in [1.165, 1.54) is 12.1 Å². The maximum Gasteiger partial charge on any atom is 0.220 e. The lowest BCUT2D eigenvalue weighted by Gasteiger charge is -2.32. The summed E-state index contributed by atoms with van der Waals surface area (Å²) in [5.41, 5.74) is 2.14. The zero-order valence-electron chi connectivity index (χ0n) is 15.0. The Morgan fingerprint density at radius 1 is 1.23 bits per heavy atom. The Labute approximate surface area is 154 Å². The number of halogens is 1. The van der Waals surface area contributed by atoms with Crippen LogP contribution in [0.1, 0.15) is 36.9 Å². The topological polar surface area (TPSA) is 45.2 Å². The molecule has 0 spiro atoms. The number of nitrogens with zero attached hydrogens (tertiary/aromatic N) is 2. The third kappa shape index (κ3) is 5.92. The predicted octanol–water partition coefficient (Wildman–Crippen LogP) is 3.32. The molecule has 138 valence electrons. The third-order valence-corrected chi connectivity index (χ3v) is 4.76. The highest BCUT2D eigenvalue weighted by Crippen LogP contribution is 2.13. The van der Waals surface area contributed by atoms with Crippen LogP contribution in [0, 0.1) is 5.82 Å². The molecule has 3 rings (SSSR count). The molecule has 0 aliphatic carbocycles. The van der Waals surface area contributed by atoms with Crippen LogP contribution in [0.3, 0.4) is 0 Å². The molecule has 1 amide bonds. The van der Waals surface area contributed by atoms with Gasteiger partial charge in [0.05, 0.1) is 5.69 Å². The highest BCUT2D eigenvalue weighted by atomic mass is 19.1. The summed E-state index contributed by atoms with van der Waals surface area (Å²) in [6, 6.07) is 12.7. The molecule has 1 atom stereocenters. The van der Waals surface area contributed by atoms with Crippen LogP contribution in [0.5, 0.6) is 0 Å². The number of carbonyl (C=O) groups is 1. The molecule has 0 unspecified atom stereocenters. The number of hydrogen-bond donors (Lipinski definition) is 1. The first-order chi connectivity index (χ1) is 12.7. The zero-order chi connectivity index (χ0) is 18.2. The van der Waals surface area contributed by atoms with Crippen LogP contribution in [-0.4, -0.2) is 34.9 Å². The van der Waals surface area contributed by atoms with Gasteiger partial charge >= 0.3 is 0 Å². The van der Waals surface area contributed by atoms with Gasteiger partial charge in [0, 0.05) is 31.7 Å². The van der Waals surface area contributed by atoms with Crippen molar-refractivity contribution in [3.05, 3.63) is 65.7 Å². The van der Waals surface area contributed by atoms with Gasteiger partial charge in [-0.1, -0.05) is 18.2 Å². The van der Waals surface area contributed by atoms with Gasteiger partial charge in [0.1, 0.15) is 5.82 Å². The standard InChI is InChI=1S/C21H26FN3O/c22-18-11-9-17(10-12-18)5-3-8-21(26)24-20-7-4-14-25(16-20)15-19-6-1-2-13-23-19/h1-2,6,9-13,20H,3-5,7-8,14-16H2,(H,24,26)/t20-/m0/s1. The molecule has 4 nitrogen and oxygen atoms in total. The molecular formula is C21H26FN3O. The summed E-state index contributed by atoms with van der Waals surface area (Å²) in [7, 11) is 0. The lowest BCUT2D eigenvalue weighted by molar-refractivity contribution is -0.122. The van der Waals surface area contributed by atoms with Crippen molar-refractivity contribution in [2.75, 3.05) is 13.1 Å². The first kappa shape index (κ1) is 18.5. The van der Waals surface area contributed by atoms with Gasteiger partial charge in [-0.3, -0.25) is 14.7 Å². The van der Waals surface area contributed by atoms with Crippen molar-refractivity contribution in [1.82, 2.24) is 15.2 Å². The molecular weight excluding hydrogens is 329 g/mol. The Kier molecular flexibility index (Phi) is 6.72. The van der Waals surface area contributed by atoms with Crippen LogP contribution in [0.4, 0.5) is 4.39 Å². The summed E-state index contributed by atoms with van der Waals surface area (Å²) in [6.45, 7) is 2.76. The van der Waals surface area contributed by atoms with E-state index in [1.807, 2.05) is 24.4 Å². The second kappa shape index (κ2) is 9.43. The lowest BCUT2D eigenvalue weighted by atomic mass is 10.0. The third-order valence-electron chi connectivity index (χ3n) is 4.76. The van der Waals surface area contributed by atoms with Crippen LogP contribution >= 0.6 is 0 Å². The summed E-state index contributed by atoms with van der Waals surface area (Å²) in [5, 5.41) is 3.17. The molecule has 0 saturated carbocycles. The number of nitrogens with one attached hydrogen (secondary N) is 1. The number of carbonyl (C=O) groups excluding carboxylic acids is 1. The Hall–Kier alpha value is -2.27. The van der Waals surface area contributed by atoms with Gasteiger partial charge in [0.25, 0.3) is 0 Å². The summed E-state index contributed by atoms with van der Waals surface area (Å²) < 4.78 is 12.9. The fourth-order valence-electron chi connectivity index (χ4n) is 3.44. The molecule has 1 saturated heterocycles. The molecule has 1 fully saturated rings. The van der Waals surface area contributed by atoms with E-state index in [0.717, 1.165) is 56.6 Å². The van der Waals surface area contributed by atoms with Crippen molar-refractivity contribution < 1.29 is 9.18 Å². The minimum atomic E-state index is -0.223. The average Bonchev–Trinajstić information content (AvgIpc) is 2.64. The van der Waals surface area contributed by atoms with Gasteiger partial charge in [-0.05, 0) is 62.1 Å². The number of likely N-dealkylation sites (tertiary alicyclic amines) is 1. The van der Waals surface area contributed by atoms with E-state index in [2.05, 4.69) is 15.2 Å². The molecule has 1 aromatic carbocycles. The quantitative estimate of drug-likeness (QED) is 0.829. The number of amides is 1. The molecule has 1 aliphatic rings. The number of rotatable bonds is 7. The Balaban J connectivity index is 1.38. The first-order valence-electron chi connectivity index (χ1n) is 9.35. The zero-order valence-corrected chi connectivity index (χ0v) is 15.0. The molecule has 5 heteroatoms. The van der Waals surface area contributed by atoms with Gasteiger partial charge in [-0.25, -0.2) is 4.39 Å².